The Balaban J connectivity index is 1.01. The van der Waals surface area contributed by atoms with Crippen LogP contribution >= 0.6 is 0 Å². The fraction of sp³-hybridized carbons (Fsp3) is 0.952. The average Bonchev–Trinajstić information content (AvgIpc) is 3.67. The first-order valence-corrected chi connectivity index (χ1v) is 21.1. The maximum atomic E-state index is 12.3. The van der Waals surface area contributed by atoms with Crippen LogP contribution < -0.4 is 0 Å². The third-order valence-electron chi connectivity index (χ3n) is 17.3. The molecule has 0 amide bonds. The number of aliphatic hydroxyl groups is 8. The van der Waals surface area contributed by atoms with Gasteiger partial charge in [0.15, 0.2) is 18.4 Å². The molecule has 4 aliphatic carbocycles. The minimum Gasteiger partial charge on any atom is -0.394 e. The molecule has 8 fully saturated rings. The van der Waals surface area contributed by atoms with Crippen molar-refractivity contribution in [1.29, 1.82) is 0 Å². The minimum atomic E-state index is -1.75. The zero-order valence-electron chi connectivity index (χ0n) is 34.1. The SMILES string of the molecule is CC(C)=C[C@@H]1CO[C@]23C[C@]4(CO2)C(CCC2[C@@]5(C)CC[C@H](O[C@@H]6O[C@H](CO)[C@@H](O)[C@H](O[C@@H]7O[C@H](CO)[C@@H](O)[C@H](O)[C@H]7O)[C@H]6O)C(C)(C)C5CC[C@]24C)C3[C@@]1(C)O. The van der Waals surface area contributed by atoms with Gasteiger partial charge in [0.1, 0.15) is 48.8 Å². The van der Waals surface area contributed by atoms with Gasteiger partial charge in [-0.25, -0.2) is 0 Å². The second-order valence-corrected chi connectivity index (χ2v) is 20.5. The molecule has 2 bridgehead atoms. The molecule has 21 atom stereocenters. The lowest BCUT2D eigenvalue weighted by Crippen LogP contribution is -2.68. The predicted octanol–water partition coefficient (Wildman–Crippen LogP) is 1.36. The highest BCUT2D eigenvalue weighted by Gasteiger charge is 2.81. The third-order valence-corrected chi connectivity index (χ3v) is 17.3. The van der Waals surface area contributed by atoms with Gasteiger partial charge in [0, 0.05) is 23.7 Å². The summed E-state index contributed by atoms with van der Waals surface area (Å²) in [5.41, 5.74) is -0.302. The molecule has 4 aliphatic heterocycles. The van der Waals surface area contributed by atoms with Gasteiger partial charge in [-0.3, -0.25) is 0 Å². The van der Waals surface area contributed by atoms with Crippen molar-refractivity contribution < 1.29 is 69.3 Å². The highest BCUT2D eigenvalue weighted by atomic mass is 16.7. The molecule has 8 N–H and O–H groups in total. The van der Waals surface area contributed by atoms with Crippen molar-refractivity contribution in [3.05, 3.63) is 11.6 Å². The van der Waals surface area contributed by atoms with E-state index in [1.807, 2.05) is 6.92 Å². The fourth-order valence-electron chi connectivity index (χ4n) is 14.6. The lowest BCUT2D eigenvalue weighted by atomic mass is 9.35. The summed E-state index contributed by atoms with van der Waals surface area (Å²) in [4.78, 5) is 0. The number of ether oxygens (including phenoxy) is 6. The summed E-state index contributed by atoms with van der Waals surface area (Å²) in [7, 11) is 0. The zero-order chi connectivity index (χ0) is 40.5. The number of fused-ring (bicyclic) bond motifs is 4. The van der Waals surface area contributed by atoms with E-state index < -0.39 is 86.0 Å². The Bertz CT molecular complexity index is 1500. The monoisotopic (exact) mass is 796 g/mol. The van der Waals surface area contributed by atoms with Crippen LogP contribution in [0.4, 0.5) is 0 Å². The van der Waals surface area contributed by atoms with E-state index in [-0.39, 0.29) is 45.5 Å². The summed E-state index contributed by atoms with van der Waals surface area (Å²) in [6.07, 6.45) is -6.79. The number of hydrogen-bond donors (Lipinski definition) is 8. The van der Waals surface area contributed by atoms with Gasteiger partial charge in [0.2, 0.25) is 0 Å². The number of rotatable bonds is 7. The summed E-state index contributed by atoms with van der Waals surface area (Å²) in [6, 6.07) is 0. The zero-order valence-corrected chi connectivity index (χ0v) is 34.1. The average molecular weight is 797 g/mol. The topological polar surface area (TPSA) is 217 Å². The highest BCUT2D eigenvalue weighted by Crippen LogP contribution is 2.80. The minimum absolute atomic E-state index is 0.0284. The molecule has 0 aromatic heterocycles. The summed E-state index contributed by atoms with van der Waals surface area (Å²) in [5.74, 6) is 0.0262. The van der Waals surface area contributed by atoms with E-state index in [2.05, 4.69) is 47.6 Å². The Morgan fingerprint density at radius 3 is 2.05 bits per heavy atom. The van der Waals surface area contributed by atoms with E-state index in [1.54, 1.807) is 0 Å². The van der Waals surface area contributed by atoms with Gasteiger partial charge in [-0.1, -0.05) is 39.3 Å². The molecule has 4 heterocycles. The summed E-state index contributed by atoms with van der Waals surface area (Å²) >= 11 is 0. The Labute approximate surface area is 330 Å². The maximum Gasteiger partial charge on any atom is 0.187 e. The number of aliphatic hydroxyl groups excluding tert-OH is 7. The molecule has 0 radical (unpaired) electrons. The summed E-state index contributed by atoms with van der Waals surface area (Å²) in [5, 5.41) is 86.1. The van der Waals surface area contributed by atoms with Crippen LogP contribution in [0.2, 0.25) is 0 Å². The second kappa shape index (κ2) is 14.1. The molecule has 14 nitrogen and oxygen atoms in total. The van der Waals surface area contributed by atoms with Gasteiger partial charge in [0.25, 0.3) is 0 Å². The van der Waals surface area contributed by atoms with E-state index >= 15 is 0 Å². The Morgan fingerprint density at radius 1 is 0.732 bits per heavy atom. The molecule has 4 saturated heterocycles. The van der Waals surface area contributed by atoms with E-state index in [4.69, 9.17) is 28.4 Å². The predicted molar refractivity (Wildman–Crippen MR) is 198 cm³/mol. The Kier molecular flexibility index (Phi) is 10.6. The van der Waals surface area contributed by atoms with Gasteiger partial charge < -0.3 is 69.3 Å². The third kappa shape index (κ3) is 5.79. The van der Waals surface area contributed by atoms with Crippen LogP contribution in [-0.4, -0.2) is 146 Å². The van der Waals surface area contributed by atoms with Crippen LogP contribution in [0.3, 0.4) is 0 Å². The first-order chi connectivity index (χ1) is 26.2. The first-order valence-electron chi connectivity index (χ1n) is 21.1. The summed E-state index contributed by atoms with van der Waals surface area (Å²) < 4.78 is 37.5. The quantitative estimate of drug-likeness (QED) is 0.135. The van der Waals surface area contributed by atoms with Crippen molar-refractivity contribution in [2.45, 2.75) is 172 Å². The first kappa shape index (κ1) is 41.9. The van der Waals surface area contributed by atoms with Gasteiger partial charge in [-0.15, -0.1) is 0 Å². The van der Waals surface area contributed by atoms with E-state index in [9.17, 15) is 40.9 Å². The van der Waals surface area contributed by atoms with E-state index in [0.29, 0.717) is 31.5 Å². The van der Waals surface area contributed by atoms with Crippen molar-refractivity contribution in [2.75, 3.05) is 26.4 Å². The largest absolute Gasteiger partial charge is 0.394 e. The van der Waals surface area contributed by atoms with Gasteiger partial charge >= 0.3 is 0 Å². The molecule has 8 rings (SSSR count). The van der Waals surface area contributed by atoms with Crippen molar-refractivity contribution >= 4 is 0 Å². The molecule has 14 heteroatoms. The molecule has 0 aromatic carbocycles. The van der Waals surface area contributed by atoms with Crippen LogP contribution in [0.1, 0.15) is 93.4 Å². The van der Waals surface area contributed by atoms with Gasteiger partial charge in [0.05, 0.1) is 38.1 Å². The molecule has 4 unspecified atom stereocenters. The fourth-order valence-corrected chi connectivity index (χ4v) is 14.6. The standard InChI is InChI=1S/C42H68O14/c1-20(2)14-21-17-51-42-18-41(19-52-42)22(34(42)40(21,7)50)8-9-26-38(5)12-11-27(37(3,4)25(38)10-13-39(26,41)6)55-36-32(49)33(29(46)24(16-44)54-36)56-35-31(48)30(47)28(45)23(15-43)53-35/h14,21-36,43-50H,8-13,15-19H2,1-7H3/t21-,22?,23-,24-,25?,26?,27+,28-,29-,30+,31-,32-,33+,34?,35+,36+,38+,39-,40+,41+,42-/m1/s1. The molecule has 2 spiro atoms. The van der Waals surface area contributed by atoms with Crippen LogP contribution in [0.25, 0.3) is 0 Å². The summed E-state index contributed by atoms with van der Waals surface area (Å²) in [6.45, 7) is 15.4. The van der Waals surface area contributed by atoms with Crippen LogP contribution in [-0.2, 0) is 28.4 Å². The second-order valence-electron chi connectivity index (χ2n) is 20.5. The van der Waals surface area contributed by atoms with Crippen LogP contribution in [0.15, 0.2) is 11.6 Å². The van der Waals surface area contributed by atoms with Crippen molar-refractivity contribution in [2.24, 2.45) is 51.2 Å². The smallest absolute Gasteiger partial charge is 0.187 e. The highest BCUT2D eigenvalue weighted by molar-refractivity contribution is 5.27. The molecular formula is C42H68O14. The van der Waals surface area contributed by atoms with Crippen molar-refractivity contribution in [1.82, 2.24) is 0 Å². The van der Waals surface area contributed by atoms with Crippen molar-refractivity contribution in [3.63, 3.8) is 0 Å². The van der Waals surface area contributed by atoms with Gasteiger partial charge in [-0.2, -0.15) is 0 Å². The lowest BCUT2D eigenvalue weighted by molar-refractivity contribution is -0.370. The van der Waals surface area contributed by atoms with Crippen molar-refractivity contribution in [3.8, 4) is 0 Å². The Morgan fingerprint density at radius 2 is 1.39 bits per heavy atom. The molecular weight excluding hydrogens is 728 g/mol. The van der Waals surface area contributed by atoms with E-state index in [0.717, 1.165) is 38.5 Å². The van der Waals surface area contributed by atoms with E-state index in [1.165, 1.54) is 5.57 Å². The van der Waals surface area contributed by atoms with Crippen LogP contribution in [0, 0.1) is 51.2 Å². The molecule has 4 saturated carbocycles. The molecule has 8 aliphatic rings. The lowest BCUT2D eigenvalue weighted by Gasteiger charge is -2.70. The van der Waals surface area contributed by atoms with Gasteiger partial charge in [-0.05, 0) is 93.3 Å². The normalized spacial score (nSPS) is 57.4. The Hall–Kier alpha value is -0.820. The van der Waals surface area contributed by atoms with Crippen LogP contribution in [0.5, 0.6) is 0 Å². The maximum absolute atomic E-state index is 12.3. The molecule has 320 valence electrons. The number of hydrogen-bond acceptors (Lipinski definition) is 14. The molecule has 56 heavy (non-hydrogen) atoms. The molecule has 0 aromatic rings. The number of allylic oxidation sites excluding steroid dienone is 1.